The van der Waals surface area contributed by atoms with E-state index in [0.29, 0.717) is 30.1 Å². The lowest BCUT2D eigenvalue weighted by atomic mass is 9.70. The Morgan fingerprint density at radius 1 is 1.20 bits per heavy atom. The van der Waals surface area contributed by atoms with Crippen LogP contribution in [0.3, 0.4) is 0 Å². The molecule has 3 N–H and O–H groups in total. The highest BCUT2D eigenvalue weighted by atomic mass is 35.5. The molecule has 2 unspecified atom stereocenters. The van der Waals surface area contributed by atoms with Crippen molar-refractivity contribution in [3.63, 3.8) is 0 Å². The van der Waals surface area contributed by atoms with Crippen molar-refractivity contribution in [3.8, 4) is 0 Å². The summed E-state index contributed by atoms with van der Waals surface area (Å²) in [6.07, 6.45) is 2.47. The molecule has 7 heteroatoms. The van der Waals surface area contributed by atoms with E-state index in [0.717, 1.165) is 11.6 Å². The molecule has 3 rings (SSSR count). The van der Waals surface area contributed by atoms with Crippen LogP contribution in [-0.2, 0) is 10.2 Å². The second-order valence-electron chi connectivity index (χ2n) is 7.09. The molecule has 1 aliphatic carbocycles. The van der Waals surface area contributed by atoms with Gasteiger partial charge in [0.1, 0.15) is 6.17 Å². The van der Waals surface area contributed by atoms with Crippen LogP contribution in [0.5, 0.6) is 0 Å². The van der Waals surface area contributed by atoms with Crippen molar-refractivity contribution >= 4 is 30.0 Å². The molecule has 30 heavy (non-hydrogen) atoms. The Morgan fingerprint density at radius 3 is 2.57 bits per heavy atom. The van der Waals surface area contributed by atoms with Gasteiger partial charge in [-0.3, -0.25) is 0 Å². The van der Waals surface area contributed by atoms with Crippen molar-refractivity contribution in [1.29, 1.82) is 0 Å². The molecular weight excluding hydrogens is 428 g/mol. The van der Waals surface area contributed by atoms with Gasteiger partial charge in [0.05, 0.1) is 11.7 Å². The largest absolute Gasteiger partial charge is 0.478 e. The molecule has 2 aromatic rings. The van der Waals surface area contributed by atoms with Crippen LogP contribution in [0.15, 0.2) is 78.4 Å². The molecule has 0 fully saturated rings. The minimum absolute atomic E-state index is 0. The van der Waals surface area contributed by atoms with E-state index in [1.807, 2.05) is 30.3 Å². The molecule has 0 heterocycles. The maximum absolute atomic E-state index is 15.2. The average Bonchev–Trinajstić information content (AvgIpc) is 2.72. The van der Waals surface area contributed by atoms with Crippen molar-refractivity contribution in [3.05, 3.63) is 94.5 Å². The molecule has 0 radical (unpaired) electrons. The van der Waals surface area contributed by atoms with E-state index < -0.39 is 23.7 Å². The monoisotopic (exact) mass is 451 g/mol. The fraction of sp³-hybridized carbons (Fsp3) is 0.261. The molecule has 160 valence electrons. The summed E-state index contributed by atoms with van der Waals surface area (Å²) in [6, 6.07) is 16.2. The average molecular weight is 452 g/mol. The van der Waals surface area contributed by atoms with Gasteiger partial charge in [-0.15, -0.1) is 12.4 Å². The van der Waals surface area contributed by atoms with Gasteiger partial charge in [-0.2, -0.15) is 0 Å². The SMILES string of the molecule is Cl.O=C(O)C1=CC(F)C(CCNC[C@H](O)c2cccc(Cl)c2)(c2ccccc2)C=C1. The first-order chi connectivity index (χ1) is 13.9. The summed E-state index contributed by atoms with van der Waals surface area (Å²) < 4.78 is 15.2. The van der Waals surface area contributed by atoms with Crippen molar-refractivity contribution in [2.75, 3.05) is 13.1 Å². The maximum Gasteiger partial charge on any atom is 0.335 e. The Hall–Kier alpha value is -2.18. The number of aliphatic hydroxyl groups is 1. The number of hydrogen-bond donors (Lipinski definition) is 3. The summed E-state index contributed by atoms with van der Waals surface area (Å²) in [4.78, 5) is 11.2. The van der Waals surface area contributed by atoms with Gasteiger partial charge in [0, 0.05) is 17.0 Å². The third-order valence-corrected chi connectivity index (χ3v) is 5.46. The number of nitrogens with one attached hydrogen (secondary N) is 1. The number of allylic oxidation sites excluding steroid dienone is 2. The van der Waals surface area contributed by atoms with Crippen molar-refractivity contribution in [2.45, 2.75) is 24.1 Å². The fourth-order valence-corrected chi connectivity index (χ4v) is 3.77. The highest BCUT2D eigenvalue weighted by Gasteiger charge is 2.39. The van der Waals surface area contributed by atoms with E-state index in [1.54, 1.807) is 30.3 Å². The first-order valence-electron chi connectivity index (χ1n) is 9.40. The van der Waals surface area contributed by atoms with Crippen LogP contribution in [0.4, 0.5) is 4.39 Å². The van der Waals surface area contributed by atoms with Crippen LogP contribution >= 0.6 is 24.0 Å². The van der Waals surface area contributed by atoms with Gasteiger partial charge in [0.15, 0.2) is 0 Å². The standard InChI is InChI=1S/C23H23ClFNO3.ClH/c24-19-8-4-5-16(13-19)20(27)15-26-12-11-23(18-6-2-1-3-7-18)10-9-17(22(28)29)14-21(23)25;/h1-10,13-14,20-21,26-27H,11-12,15H2,(H,28,29);1H/t20-,21?,23?;/m0./s1. The van der Waals surface area contributed by atoms with Crippen LogP contribution in [0.25, 0.3) is 0 Å². The lowest BCUT2D eigenvalue weighted by molar-refractivity contribution is -0.132. The quantitative estimate of drug-likeness (QED) is 0.511. The zero-order chi connectivity index (χ0) is 20.9. The number of rotatable bonds is 8. The van der Waals surface area contributed by atoms with Crippen molar-refractivity contribution in [2.24, 2.45) is 0 Å². The molecule has 0 aromatic heterocycles. The summed E-state index contributed by atoms with van der Waals surface area (Å²) in [6.45, 7) is 0.732. The Balaban J connectivity index is 0.00000320. The minimum atomic E-state index is -1.47. The Morgan fingerprint density at radius 2 is 1.93 bits per heavy atom. The third-order valence-electron chi connectivity index (χ3n) is 5.22. The summed E-state index contributed by atoms with van der Waals surface area (Å²) in [5.74, 6) is -1.15. The number of alkyl halides is 1. The van der Waals surface area contributed by atoms with Gasteiger partial charge < -0.3 is 15.5 Å². The molecule has 4 nitrogen and oxygen atoms in total. The van der Waals surface area contributed by atoms with Gasteiger partial charge in [-0.25, -0.2) is 9.18 Å². The zero-order valence-electron chi connectivity index (χ0n) is 16.2. The predicted octanol–water partition coefficient (Wildman–Crippen LogP) is 4.63. The first kappa shape index (κ1) is 24.1. The normalized spacial score (nSPS) is 21.4. The van der Waals surface area contributed by atoms with Crippen LogP contribution in [0.1, 0.15) is 23.7 Å². The van der Waals surface area contributed by atoms with Crippen molar-refractivity contribution < 1.29 is 19.4 Å². The number of carboxylic acid groups (broad SMARTS) is 1. The van der Waals surface area contributed by atoms with Crippen LogP contribution in [0, 0.1) is 0 Å². The van der Waals surface area contributed by atoms with E-state index in [-0.39, 0.29) is 18.0 Å². The molecule has 3 atom stereocenters. The second kappa shape index (κ2) is 10.7. The lowest BCUT2D eigenvalue weighted by Crippen LogP contribution is -2.39. The number of aliphatic hydroxyl groups excluding tert-OH is 1. The highest BCUT2D eigenvalue weighted by molar-refractivity contribution is 6.30. The molecule has 1 aliphatic rings. The van der Waals surface area contributed by atoms with E-state index >= 15 is 4.39 Å². The first-order valence-corrected chi connectivity index (χ1v) is 9.78. The molecule has 0 amide bonds. The van der Waals surface area contributed by atoms with E-state index in [1.165, 1.54) is 6.08 Å². The molecule has 0 saturated carbocycles. The van der Waals surface area contributed by atoms with Gasteiger partial charge >= 0.3 is 5.97 Å². The number of benzene rings is 2. The van der Waals surface area contributed by atoms with Gasteiger partial charge in [-0.05, 0) is 42.3 Å². The topological polar surface area (TPSA) is 69.6 Å². The van der Waals surface area contributed by atoms with Crippen molar-refractivity contribution in [1.82, 2.24) is 5.32 Å². The fourth-order valence-electron chi connectivity index (χ4n) is 3.57. The lowest BCUT2D eigenvalue weighted by Gasteiger charge is -2.36. The van der Waals surface area contributed by atoms with E-state index in [9.17, 15) is 9.90 Å². The summed E-state index contributed by atoms with van der Waals surface area (Å²) in [7, 11) is 0. The van der Waals surface area contributed by atoms with E-state index in [2.05, 4.69) is 5.32 Å². The minimum Gasteiger partial charge on any atom is -0.478 e. The van der Waals surface area contributed by atoms with E-state index in [4.69, 9.17) is 16.7 Å². The van der Waals surface area contributed by atoms with Gasteiger partial charge in [0.25, 0.3) is 0 Å². The highest BCUT2D eigenvalue weighted by Crippen LogP contribution is 2.39. The van der Waals surface area contributed by atoms with Gasteiger partial charge in [0.2, 0.25) is 0 Å². The number of hydrogen-bond acceptors (Lipinski definition) is 3. The molecule has 2 aromatic carbocycles. The molecular formula is C23H24Cl2FNO3. The predicted molar refractivity (Wildman–Crippen MR) is 119 cm³/mol. The van der Waals surface area contributed by atoms with Crippen LogP contribution < -0.4 is 5.32 Å². The molecule has 0 spiro atoms. The summed E-state index contributed by atoms with van der Waals surface area (Å²) >= 11 is 5.96. The summed E-state index contributed by atoms with van der Waals surface area (Å²) in [5, 5.41) is 23.2. The molecule has 0 bridgehead atoms. The Bertz CT molecular complexity index is 920. The number of carbonyl (C=O) groups is 1. The van der Waals surface area contributed by atoms with Crippen LogP contribution in [-0.4, -0.2) is 35.4 Å². The Labute approximate surface area is 186 Å². The number of halogens is 3. The second-order valence-corrected chi connectivity index (χ2v) is 7.53. The Kier molecular flexibility index (Phi) is 8.62. The molecule has 0 saturated heterocycles. The number of aliphatic carboxylic acids is 1. The maximum atomic E-state index is 15.2. The van der Waals surface area contributed by atoms with Crippen LogP contribution in [0.2, 0.25) is 5.02 Å². The van der Waals surface area contributed by atoms with Gasteiger partial charge in [-0.1, -0.05) is 66.2 Å². The molecule has 0 aliphatic heterocycles. The smallest absolute Gasteiger partial charge is 0.335 e. The third kappa shape index (κ3) is 5.49. The summed E-state index contributed by atoms with van der Waals surface area (Å²) in [5.41, 5.74) is 0.474. The number of carboxylic acids is 1. The zero-order valence-corrected chi connectivity index (χ0v) is 17.7.